The molecule has 1 unspecified atom stereocenters. The maximum absolute atomic E-state index is 11.6. The van der Waals surface area contributed by atoms with Crippen molar-refractivity contribution in [3.63, 3.8) is 0 Å². The summed E-state index contributed by atoms with van der Waals surface area (Å²) < 4.78 is 0. The zero-order valence-electron chi connectivity index (χ0n) is 12.0. The zero-order valence-corrected chi connectivity index (χ0v) is 12.0. The molecule has 0 saturated heterocycles. The van der Waals surface area contributed by atoms with E-state index in [1.54, 1.807) is 0 Å². The number of hydrogen-bond donors (Lipinski definition) is 2. The third-order valence-corrected chi connectivity index (χ3v) is 3.04. The highest BCUT2D eigenvalue weighted by molar-refractivity contribution is 5.83. The quantitative estimate of drug-likeness (QED) is 0.422. The smallest absolute Gasteiger partial charge is 0.326 e. The number of aliphatic carboxylic acids is 1. The van der Waals surface area contributed by atoms with Gasteiger partial charge < -0.3 is 10.4 Å². The lowest BCUT2D eigenvalue weighted by atomic mass is 10.1. The van der Waals surface area contributed by atoms with Crippen LogP contribution in [0.15, 0.2) is 12.7 Å². The van der Waals surface area contributed by atoms with Gasteiger partial charge in [-0.2, -0.15) is 0 Å². The van der Waals surface area contributed by atoms with Gasteiger partial charge in [0.2, 0.25) is 5.91 Å². The third-order valence-electron chi connectivity index (χ3n) is 3.04. The van der Waals surface area contributed by atoms with Crippen LogP contribution in [0.1, 0.15) is 64.7 Å². The molecule has 0 radical (unpaired) electrons. The third kappa shape index (κ3) is 10.3. The molecule has 0 aliphatic carbocycles. The molecule has 0 fully saturated rings. The van der Waals surface area contributed by atoms with E-state index < -0.39 is 12.0 Å². The Morgan fingerprint density at radius 3 is 2.26 bits per heavy atom. The Labute approximate surface area is 116 Å². The van der Waals surface area contributed by atoms with Crippen LogP contribution in [0.3, 0.4) is 0 Å². The average Bonchev–Trinajstić information content (AvgIpc) is 2.37. The van der Waals surface area contributed by atoms with Gasteiger partial charge in [0, 0.05) is 6.42 Å². The maximum Gasteiger partial charge on any atom is 0.326 e. The standard InChI is InChI=1S/C15H27NO3/c1-3-5-6-7-8-9-10-12-14(17)16-13(11-4-2)15(18)19/h4,13H,2-3,5-12H2,1H3,(H,16,17)(H,18,19). The Morgan fingerprint density at radius 2 is 1.74 bits per heavy atom. The molecule has 0 aliphatic heterocycles. The summed E-state index contributed by atoms with van der Waals surface area (Å²) in [6.07, 6.45) is 10.2. The average molecular weight is 269 g/mol. The monoisotopic (exact) mass is 269 g/mol. The van der Waals surface area contributed by atoms with Crippen molar-refractivity contribution in [1.82, 2.24) is 5.32 Å². The van der Waals surface area contributed by atoms with Gasteiger partial charge in [0.25, 0.3) is 0 Å². The second-order valence-electron chi connectivity index (χ2n) is 4.85. The zero-order chi connectivity index (χ0) is 14.5. The fourth-order valence-corrected chi connectivity index (χ4v) is 1.90. The normalized spacial score (nSPS) is 11.8. The molecule has 0 rings (SSSR count). The molecule has 1 atom stereocenters. The van der Waals surface area contributed by atoms with Crippen molar-refractivity contribution in [2.24, 2.45) is 0 Å². The predicted molar refractivity (Wildman–Crippen MR) is 77.0 cm³/mol. The molecule has 0 saturated carbocycles. The Kier molecular flexibility index (Phi) is 10.9. The van der Waals surface area contributed by atoms with E-state index in [1.165, 1.54) is 31.8 Å². The SMILES string of the molecule is C=CCC(NC(=O)CCCCCCCCC)C(=O)O. The first-order valence-corrected chi connectivity index (χ1v) is 7.24. The molecule has 0 aromatic rings. The van der Waals surface area contributed by atoms with Gasteiger partial charge in [-0.05, 0) is 12.8 Å². The van der Waals surface area contributed by atoms with Crippen molar-refractivity contribution >= 4 is 11.9 Å². The van der Waals surface area contributed by atoms with E-state index in [2.05, 4.69) is 18.8 Å². The number of unbranched alkanes of at least 4 members (excludes halogenated alkanes) is 6. The minimum Gasteiger partial charge on any atom is -0.480 e. The van der Waals surface area contributed by atoms with Crippen LogP contribution in [-0.2, 0) is 9.59 Å². The molecular weight excluding hydrogens is 242 g/mol. The molecule has 0 heterocycles. The topological polar surface area (TPSA) is 66.4 Å². The first-order valence-electron chi connectivity index (χ1n) is 7.24. The number of amides is 1. The van der Waals surface area contributed by atoms with Gasteiger partial charge in [-0.15, -0.1) is 6.58 Å². The van der Waals surface area contributed by atoms with E-state index in [0.29, 0.717) is 6.42 Å². The summed E-state index contributed by atoms with van der Waals surface area (Å²) in [4.78, 5) is 22.4. The summed E-state index contributed by atoms with van der Waals surface area (Å²) in [5, 5.41) is 11.4. The predicted octanol–water partition coefficient (Wildman–Crippen LogP) is 3.27. The molecule has 0 aromatic carbocycles. The van der Waals surface area contributed by atoms with Gasteiger partial charge in [0.05, 0.1) is 0 Å². The van der Waals surface area contributed by atoms with Crippen molar-refractivity contribution in [3.05, 3.63) is 12.7 Å². The van der Waals surface area contributed by atoms with Crippen LogP contribution in [0.5, 0.6) is 0 Å². The van der Waals surface area contributed by atoms with Crippen molar-refractivity contribution in [2.45, 2.75) is 70.8 Å². The van der Waals surface area contributed by atoms with E-state index in [-0.39, 0.29) is 12.3 Å². The van der Waals surface area contributed by atoms with E-state index in [0.717, 1.165) is 19.3 Å². The first kappa shape index (κ1) is 17.7. The maximum atomic E-state index is 11.6. The number of nitrogens with one attached hydrogen (secondary N) is 1. The fourth-order valence-electron chi connectivity index (χ4n) is 1.90. The number of carboxylic acids is 1. The van der Waals surface area contributed by atoms with Gasteiger partial charge in [-0.25, -0.2) is 4.79 Å². The van der Waals surface area contributed by atoms with Crippen molar-refractivity contribution in [1.29, 1.82) is 0 Å². The largest absolute Gasteiger partial charge is 0.480 e. The molecule has 0 spiro atoms. The number of carboxylic acid groups (broad SMARTS) is 1. The van der Waals surface area contributed by atoms with Gasteiger partial charge in [0.1, 0.15) is 6.04 Å². The highest BCUT2D eigenvalue weighted by Crippen LogP contribution is 2.08. The molecule has 0 bridgehead atoms. The Bertz CT molecular complexity index is 277. The minimum atomic E-state index is -1.01. The van der Waals surface area contributed by atoms with Gasteiger partial charge in [0.15, 0.2) is 0 Å². The second kappa shape index (κ2) is 11.8. The molecular formula is C15H27NO3. The van der Waals surface area contributed by atoms with E-state index in [4.69, 9.17) is 5.11 Å². The molecule has 19 heavy (non-hydrogen) atoms. The summed E-state index contributed by atoms with van der Waals surface area (Å²) in [5.74, 6) is -1.18. The van der Waals surface area contributed by atoms with Crippen molar-refractivity contribution in [3.8, 4) is 0 Å². The summed E-state index contributed by atoms with van der Waals surface area (Å²) >= 11 is 0. The van der Waals surface area contributed by atoms with E-state index in [9.17, 15) is 9.59 Å². The molecule has 0 aromatic heterocycles. The summed E-state index contributed by atoms with van der Waals surface area (Å²) in [6.45, 7) is 5.67. The highest BCUT2D eigenvalue weighted by Gasteiger charge is 2.17. The van der Waals surface area contributed by atoms with Crippen LogP contribution in [0.2, 0.25) is 0 Å². The molecule has 1 amide bonds. The molecule has 110 valence electrons. The van der Waals surface area contributed by atoms with Gasteiger partial charge >= 0.3 is 5.97 Å². The number of rotatable bonds is 12. The lowest BCUT2D eigenvalue weighted by Crippen LogP contribution is -2.40. The summed E-state index contributed by atoms with van der Waals surface area (Å²) in [6, 6.07) is -0.838. The number of carbonyl (C=O) groups excluding carboxylic acids is 1. The van der Waals surface area contributed by atoms with Crippen LogP contribution in [0, 0.1) is 0 Å². The molecule has 4 nitrogen and oxygen atoms in total. The van der Waals surface area contributed by atoms with Crippen molar-refractivity contribution < 1.29 is 14.7 Å². The number of carbonyl (C=O) groups is 2. The van der Waals surface area contributed by atoms with Gasteiger partial charge in [-0.1, -0.05) is 51.5 Å². The van der Waals surface area contributed by atoms with Crippen LogP contribution in [-0.4, -0.2) is 23.0 Å². The lowest BCUT2D eigenvalue weighted by molar-refractivity contribution is -0.141. The Balaban J connectivity index is 3.62. The second-order valence-corrected chi connectivity index (χ2v) is 4.85. The minimum absolute atomic E-state index is 0.178. The van der Waals surface area contributed by atoms with Gasteiger partial charge in [-0.3, -0.25) is 4.79 Å². The van der Waals surface area contributed by atoms with E-state index in [1.807, 2.05) is 0 Å². The van der Waals surface area contributed by atoms with Crippen LogP contribution in [0.4, 0.5) is 0 Å². The first-order chi connectivity index (χ1) is 9.11. The lowest BCUT2D eigenvalue weighted by Gasteiger charge is -2.12. The molecule has 4 heteroatoms. The Hall–Kier alpha value is -1.32. The summed E-state index contributed by atoms with van der Waals surface area (Å²) in [5.41, 5.74) is 0. The molecule has 2 N–H and O–H groups in total. The summed E-state index contributed by atoms with van der Waals surface area (Å²) in [7, 11) is 0. The van der Waals surface area contributed by atoms with E-state index >= 15 is 0 Å². The Morgan fingerprint density at radius 1 is 1.16 bits per heavy atom. The van der Waals surface area contributed by atoms with Crippen LogP contribution in [0.25, 0.3) is 0 Å². The van der Waals surface area contributed by atoms with Crippen LogP contribution >= 0.6 is 0 Å². The van der Waals surface area contributed by atoms with Crippen LogP contribution < -0.4 is 5.32 Å². The fraction of sp³-hybridized carbons (Fsp3) is 0.733. The highest BCUT2D eigenvalue weighted by atomic mass is 16.4. The number of hydrogen-bond acceptors (Lipinski definition) is 2. The van der Waals surface area contributed by atoms with Crippen molar-refractivity contribution in [2.75, 3.05) is 0 Å². The molecule has 0 aliphatic rings.